The third-order valence-corrected chi connectivity index (χ3v) is 7.91. The van der Waals surface area contributed by atoms with Gasteiger partial charge in [-0.2, -0.15) is 0 Å². The minimum absolute atomic E-state index is 0.0157. The number of nitrogens with zero attached hydrogens (tertiary/aromatic N) is 3. The summed E-state index contributed by atoms with van der Waals surface area (Å²) in [7, 11) is 0. The predicted octanol–water partition coefficient (Wildman–Crippen LogP) is 4.97. The molecule has 2 atom stereocenters. The highest BCUT2D eigenvalue weighted by atomic mass is 16.2. The van der Waals surface area contributed by atoms with Crippen LogP contribution < -0.4 is 15.5 Å². The van der Waals surface area contributed by atoms with Crippen molar-refractivity contribution in [2.24, 2.45) is 0 Å². The SMILES string of the molecule is CC1CN(C(=O)c2cc(Nc3ccc4c(c3)CC3(C4)C(=O)Nc4ncccc43)ccn2)c2ccccc21. The topological polar surface area (TPSA) is 87.2 Å². The number of rotatable bonds is 3. The summed E-state index contributed by atoms with van der Waals surface area (Å²) in [5.41, 5.74) is 6.95. The van der Waals surface area contributed by atoms with Crippen LogP contribution in [-0.2, 0) is 23.1 Å². The van der Waals surface area contributed by atoms with Gasteiger partial charge in [-0.05, 0) is 65.9 Å². The molecule has 37 heavy (non-hydrogen) atoms. The maximum Gasteiger partial charge on any atom is 0.276 e. The number of benzene rings is 2. The molecule has 0 saturated heterocycles. The molecule has 2 unspecified atom stereocenters. The van der Waals surface area contributed by atoms with Crippen LogP contribution in [0.25, 0.3) is 0 Å². The average Bonchev–Trinajstić information content (AvgIpc) is 3.55. The number of anilines is 4. The van der Waals surface area contributed by atoms with E-state index in [1.165, 1.54) is 11.1 Å². The number of fused-ring (bicyclic) bond motifs is 4. The number of carbonyl (C=O) groups excluding carboxylic acids is 2. The van der Waals surface area contributed by atoms with E-state index in [4.69, 9.17) is 0 Å². The molecular formula is C30H25N5O2. The van der Waals surface area contributed by atoms with Crippen LogP contribution in [0.3, 0.4) is 0 Å². The first-order valence-corrected chi connectivity index (χ1v) is 12.5. The van der Waals surface area contributed by atoms with Gasteiger partial charge in [-0.25, -0.2) is 4.98 Å². The molecule has 4 heterocycles. The molecule has 0 fully saturated rings. The second-order valence-electron chi connectivity index (χ2n) is 10.2. The lowest BCUT2D eigenvalue weighted by Crippen LogP contribution is -2.35. The molecule has 1 spiro atoms. The first-order chi connectivity index (χ1) is 18.0. The lowest BCUT2D eigenvalue weighted by molar-refractivity contribution is -0.120. The second-order valence-corrected chi connectivity index (χ2v) is 10.2. The summed E-state index contributed by atoms with van der Waals surface area (Å²) in [6.45, 7) is 2.79. The first kappa shape index (κ1) is 21.7. The van der Waals surface area contributed by atoms with Crippen LogP contribution in [0.4, 0.5) is 22.9 Å². The second kappa shape index (κ2) is 8.00. The van der Waals surface area contributed by atoms with Crippen molar-refractivity contribution in [2.45, 2.75) is 31.1 Å². The van der Waals surface area contributed by atoms with Crippen LogP contribution in [0.2, 0.25) is 0 Å². The van der Waals surface area contributed by atoms with Crippen molar-refractivity contribution in [1.29, 1.82) is 0 Å². The summed E-state index contributed by atoms with van der Waals surface area (Å²) >= 11 is 0. The highest BCUT2D eigenvalue weighted by Gasteiger charge is 2.51. The van der Waals surface area contributed by atoms with Gasteiger partial charge in [0.1, 0.15) is 11.5 Å². The molecule has 0 bridgehead atoms. The number of pyridine rings is 2. The molecule has 1 aliphatic carbocycles. The summed E-state index contributed by atoms with van der Waals surface area (Å²) in [6, 6.07) is 21.8. The Bertz CT molecular complexity index is 1600. The van der Waals surface area contributed by atoms with E-state index < -0.39 is 5.41 Å². The maximum absolute atomic E-state index is 13.4. The summed E-state index contributed by atoms with van der Waals surface area (Å²) in [6.07, 6.45) is 4.67. The van der Waals surface area contributed by atoms with E-state index in [0.717, 1.165) is 28.2 Å². The number of aromatic nitrogens is 2. The van der Waals surface area contributed by atoms with Gasteiger partial charge in [0.2, 0.25) is 5.91 Å². The Balaban J connectivity index is 1.13. The van der Waals surface area contributed by atoms with Gasteiger partial charge in [-0.15, -0.1) is 0 Å². The Labute approximate surface area is 214 Å². The fourth-order valence-corrected chi connectivity index (χ4v) is 6.09. The van der Waals surface area contributed by atoms with Crippen molar-refractivity contribution in [1.82, 2.24) is 9.97 Å². The highest BCUT2D eigenvalue weighted by molar-refractivity contribution is 6.07. The molecule has 3 aliphatic rings. The number of para-hydroxylation sites is 1. The molecule has 2 aromatic carbocycles. The molecule has 2 aliphatic heterocycles. The van der Waals surface area contributed by atoms with Crippen LogP contribution in [-0.4, -0.2) is 28.3 Å². The predicted molar refractivity (Wildman–Crippen MR) is 142 cm³/mol. The van der Waals surface area contributed by atoms with Gasteiger partial charge in [0, 0.05) is 47.5 Å². The Morgan fingerprint density at radius 3 is 2.73 bits per heavy atom. The molecule has 7 rings (SSSR count). The number of carbonyl (C=O) groups is 2. The van der Waals surface area contributed by atoms with Crippen molar-refractivity contribution in [3.8, 4) is 0 Å². The summed E-state index contributed by atoms with van der Waals surface area (Å²) < 4.78 is 0. The molecule has 0 radical (unpaired) electrons. The normalized spacial score (nSPS) is 20.9. The van der Waals surface area contributed by atoms with Crippen LogP contribution >= 0.6 is 0 Å². The Hall–Kier alpha value is -4.52. The number of amides is 2. The minimum atomic E-state index is -0.593. The van der Waals surface area contributed by atoms with E-state index in [-0.39, 0.29) is 11.8 Å². The molecule has 7 nitrogen and oxygen atoms in total. The van der Waals surface area contributed by atoms with E-state index in [2.05, 4.69) is 45.7 Å². The van der Waals surface area contributed by atoms with Crippen LogP contribution in [0.5, 0.6) is 0 Å². The summed E-state index contributed by atoms with van der Waals surface area (Å²) in [5, 5.41) is 6.39. The standard InChI is InChI=1S/C30H25N5O2/c1-18-17-35(26-7-3-2-5-23(18)26)28(36)25-14-22(10-12-31-25)33-21-9-8-19-15-30(16-20(19)13-21)24-6-4-11-32-27(24)34-29(30)37/h2-14,18H,15-17H2,1H3,(H,31,33)(H,32,34,37). The molecule has 7 heteroatoms. The van der Waals surface area contributed by atoms with Gasteiger partial charge < -0.3 is 15.5 Å². The summed E-state index contributed by atoms with van der Waals surface area (Å²) in [4.78, 5) is 36.9. The molecule has 2 aromatic heterocycles. The summed E-state index contributed by atoms with van der Waals surface area (Å²) in [5.74, 6) is 0.876. The fraction of sp³-hybridized carbons (Fsp3) is 0.200. The number of nitrogens with one attached hydrogen (secondary N) is 2. The van der Waals surface area contributed by atoms with Crippen molar-refractivity contribution >= 4 is 34.7 Å². The molecule has 2 N–H and O–H groups in total. The maximum atomic E-state index is 13.4. The van der Waals surface area contributed by atoms with Gasteiger partial charge in [0.25, 0.3) is 5.91 Å². The molecule has 2 amide bonds. The zero-order valence-corrected chi connectivity index (χ0v) is 20.4. The van der Waals surface area contributed by atoms with E-state index in [1.807, 2.05) is 47.4 Å². The van der Waals surface area contributed by atoms with E-state index in [9.17, 15) is 9.59 Å². The average molecular weight is 488 g/mol. The van der Waals surface area contributed by atoms with Crippen LogP contribution in [0.1, 0.15) is 45.6 Å². The van der Waals surface area contributed by atoms with Gasteiger partial charge >= 0.3 is 0 Å². The van der Waals surface area contributed by atoms with Crippen LogP contribution in [0.15, 0.2) is 79.1 Å². The smallest absolute Gasteiger partial charge is 0.276 e. The Morgan fingerprint density at radius 1 is 0.973 bits per heavy atom. The zero-order chi connectivity index (χ0) is 25.1. The molecular weight excluding hydrogens is 462 g/mol. The quantitative estimate of drug-likeness (QED) is 0.426. The molecule has 4 aromatic rings. The molecule has 182 valence electrons. The highest BCUT2D eigenvalue weighted by Crippen LogP contribution is 2.47. The fourth-order valence-electron chi connectivity index (χ4n) is 6.09. The number of hydrogen-bond donors (Lipinski definition) is 2. The van der Waals surface area contributed by atoms with Crippen molar-refractivity contribution in [3.05, 3.63) is 107 Å². The van der Waals surface area contributed by atoms with E-state index in [0.29, 0.717) is 36.8 Å². The lowest BCUT2D eigenvalue weighted by atomic mass is 9.79. The first-order valence-electron chi connectivity index (χ1n) is 12.5. The lowest BCUT2D eigenvalue weighted by Gasteiger charge is -2.20. The third kappa shape index (κ3) is 3.34. The van der Waals surface area contributed by atoms with E-state index >= 15 is 0 Å². The van der Waals surface area contributed by atoms with E-state index in [1.54, 1.807) is 18.5 Å². The Kier molecular flexibility index (Phi) is 4.70. The monoisotopic (exact) mass is 487 g/mol. The number of hydrogen-bond acceptors (Lipinski definition) is 5. The van der Waals surface area contributed by atoms with Crippen molar-refractivity contribution in [2.75, 3.05) is 22.1 Å². The third-order valence-electron chi connectivity index (χ3n) is 7.91. The van der Waals surface area contributed by atoms with Crippen LogP contribution in [0, 0.1) is 0 Å². The zero-order valence-electron chi connectivity index (χ0n) is 20.4. The molecule has 0 saturated carbocycles. The minimum Gasteiger partial charge on any atom is -0.355 e. The van der Waals surface area contributed by atoms with Gasteiger partial charge in [0.15, 0.2) is 0 Å². The largest absolute Gasteiger partial charge is 0.355 e. The Morgan fingerprint density at radius 2 is 1.81 bits per heavy atom. The van der Waals surface area contributed by atoms with Crippen molar-refractivity contribution in [3.63, 3.8) is 0 Å². The van der Waals surface area contributed by atoms with Gasteiger partial charge in [0.05, 0.1) is 5.41 Å². The van der Waals surface area contributed by atoms with Gasteiger partial charge in [-0.3, -0.25) is 14.6 Å². The van der Waals surface area contributed by atoms with Gasteiger partial charge in [-0.1, -0.05) is 37.3 Å². The van der Waals surface area contributed by atoms with Crippen molar-refractivity contribution < 1.29 is 9.59 Å².